The second-order valence-corrected chi connectivity index (χ2v) is 10.4. The Labute approximate surface area is 220 Å². The fourth-order valence-corrected chi connectivity index (χ4v) is 4.63. The summed E-state index contributed by atoms with van der Waals surface area (Å²) < 4.78 is 70.9. The van der Waals surface area contributed by atoms with Crippen LogP contribution >= 0.6 is 0 Å². The molecule has 0 radical (unpaired) electrons. The molecule has 4 aromatic rings. The summed E-state index contributed by atoms with van der Waals surface area (Å²) in [6.07, 6.45) is -4.07. The molecular weight excluding hydrogens is 511 g/mol. The molecule has 4 rings (SSSR count). The van der Waals surface area contributed by atoms with E-state index in [1.54, 1.807) is 12.1 Å². The van der Waals surface area contributed by atoms with Gasteiger partial charge in [0.25, 0.3) is 0 Å². The molecule has 1 atom stereocenters. The minimum Gasteiger partial charge on any atom is -0.264 e. The molecule has 4 nitrogen and oxygen atoms in total. The third-order valence-corrected chi connectivity index (χ3v) is 7.45. The molecule has 38 heavy (non-hydrogen) atoms. The zero-order valence-electron chi connectivity index (χ0n) is 20.8. The summed E-state index contributed by atoms with van der Waals surface area (Å²) in [6.45, 7) is 3.99. The molecule has 0 saturated heterocycles. The van der Waals surface area contributed by atoms with Crippen LogP contribution < -0.4 is 0 Å². The summed E-state index contributed by atoms with van der Waals surface area (Å²) in [5, 5.41) is 3.04. The third-order valence-electron chi connectivity index (χ3n) is 6.33. The molecule has 0 fully saturated rings. The maximum atomic E-state index is 13.8. The van der Waals surface area contributed by atoms with Crippen LogP contribution in [0.2, 0.25) is 0 Å². The Hall–Kier alpha value is -3.91. The average molecular weight is 538 g/mol. The molecule has 0 heterocycles. The molecule has 0 aromatic heterocycles. The van der Waals surface area contributed by atoms with E-state index in [-0.39, 0.29) is 16.4 Å². The van der Waals surface area contributed by atoms with Gasteiger partial charge in [-0.1, -0.05) is 110 Å². The lowest BCUT2D eigenvalue weighted by Crippen LogP contribution is -2.25. The van der Waals surface area contributed by atoms with Crippen LogP contribution in [0, 0.1) is 0 Å². The Bertz CT molecular complexity index is 1500. The van der Waals surface area contributed by atoms with Crippen molar-refractivity contribution in [3.05, 3.63) is 114 Å². The first-order chi connectivity index (χ1) is 18.1. The van der Waals surface area contributed by atoms with Gasteiger partial charge in [0.2, 0.25) is 0 Å². The van der Waals surface area contributed by atoms with Crippen LogP contribution in [0.3, 0.4) is 0 Å². The number of benzene rings is 4. The van der Waals surface area contributed by atoms with Crippen molar-refractivity contribution in [3.8, 4) is 22.3 Å². The second-order valence-electron chi connectivity index (χ2n) is 8.87. The third kappa shape index (κ3) is 6.31. The molecule has 0 bridgehead atoms. The molecular formula is C30H26F3NO3S. The number of oxime groups is 1. The lowest BCUT2D eigenvalue weighted by atomic mass is 9.99. The first kappa shape index (κ1) is 27.1. The molecule has 4 aromatic carbocycles. The Morgan fingerprint density at radius 2 is 1.24 bits per heavy atom. The molecule has 0 spiro atoms. The van der Waals surface area contributed by atoms with Crippen LogP contribution in [0.15, 0.2) is 113 Å². The van der Waals surface area contributed by atoms with Gasteiger partial charge in [-0.25, -0.2) is 0 Å². The van der Waals surface area contributed by atoms with Gasteiger partial charge in [0.15, 0.2) is 5.71 Å². The van der Waals surface area contributed by atoms with Crippen molar-refractivity contribution in [1.82, 2.24) is 0 Å². The SMILES string of the molecule is CCC(C)c1ccc(S(=O)(=O)ON=C(c2ccc(-c3ccc(-c4ccccc4)cc3)cc2)C(F)(F)F)cc1. The maximum Gasteiger partial charge on any atom is 0.437 e. The van der Waals surface area contributed by atoms with Gasteiger partial charge >= 0.3 is 16.3 Å². The number of nitrogens with zero attached hydrogens (tertiary/aromatic N) is 1. The summed E-state index contributed by atoms with van der Waals surface area (Å²) in [6, 6.07) is 28.8. The van der Waals surface area contributed by atoms with Gasteiger partial charge in [0.1, 0.15) is 4.90 Å². The minimum absolute atomic E-state index is 0.215. The highest BCUT2D eigenvalue weighted by Crippen LogP contribution is 2.28. The quantitative estimate of drug-likeness (QED) is 0.168. The molecule has 8 heteroatoms. The standard InChI is InChI=1S/C30H26F3NO3S/c1-3-21(2)22-17-19-28(20-18-22)38(35,36)37-34-29(30(31,32)33)27-15-13-26(14-16-27)25-11-9-24(10-12-25)23-7-5-4-6-8-23/h4-21H,3H2,1-2H3. The van der Waals surface area contributed by atoms with Crippen molar-refractivity contribution >= 4 is 15.8 Å². The van der Waals surface area contributed by atoms with Crippen LogP contribution in [-0.4, -0.2) is 20.3 Å². The lowest BCUT2D eigenvalue weighted by molar-refractivity contribution is -0.0597. The lowest BCUT2D eigenvalue weighted by Gasteiger charge is -2.12. The first-order valence-electron chi connectivity index (χ1n) is 12.0. The van der Waals surface area contributed by atoms with E-state index in [0.717, 1.165) is 28.7 Å². The predicted molar refractivity (Wildman–Crippen MR) is 143 cm³/mol. The maximum absolute atomic E-state index is 13.8. The molecule has 196 valence electrons. The molecule has 0 amide bonds. The van der Waals surface area contributed by atoms with Crippen LogP contribution in [0.5, 0.6) is 0 Å². The molecule has 1 unspecified atom stereocenters. The Balaban J connectivity index is 1.55. The number of rotatable bonds is 8. The van der Waals surface area contributed by atoms with Crippen molar-refractivity contribution in [2.45, 2.75) is 37.3 Å². The summed E-state index contributed by atoms with van der Waals surface area (Å²) in [7, 11) is -4.54. The fourth-order valence-electron chi connectivity index (χ4n) is 3.90. The van der Waals surface area contributed by atoms with Gasteiger partial charge in [-0.3, -0.25) is 4.28 Å². The summed E-state index contributed by atoms with van der Waals surface area (Å²) >= 11 is 0. The minimum atomic E-state index is -4.94. The Kier molecular flexibility index (Phi) is 8.02. The van der Waals surface area contributed by atoms with E-state index in [4.69, 9.17) is 0 Å². The number of hydrogen-bond acceptors (Lipinski definition) is 4. The molecule has 0 aliphatic carbocycles. The molecule has 0 saturated carbocycles. The monoisotopic (exact) mass is 537 g/mol. The van der Waals surface area contributed by atoms with Crippen molar-refractivity contribution in [2.24, 2.45) is 5.16 Å². The van der Waals surface area contributed by atoms with E-state index in [2.05, 4.69) is 9.44 Å². The van der Waals surface area contributed by atoms with E-state index in [1.165, 1.54) is 36.4 Å². The second kappa shape index (κ2) is 11.2. The number of alkyl halides is 3. The van der Waals surface area contributed by atoms with Crippen molar-refractivity contribution in [1.29, 1.82) is 0 Å². The Morgan fingerprint density at radius 3 is 1.71 bits per heavy atom. The van der Waals surface area contributed by atoms with Crippen LogP contribution in [0.4, 0.5) is 13.2 Å². The zero-order valence-corrected chi connectivity index (χ0v) is 21.6. The topological polar surface area (TPSA) is 55.7 Å². The van der Waals surface area contributed by atoms with Crippen LogP contribution in [0.25, 0.3) is 22.3 Å². The molecule has 0 aliphatic rings. The van der Waals surface area contributed by atoms with Crippen molar-refractivity contribution < 1.29 is 25.9 Å². The molecule has 0 N–H and O–H groups in total. The number of hydrogen-bond donors (Lipinski definition) is 0. The van der Waals surface area contributed by atoms with Gasteiger partial charge in [-0.15, -0.1) is 0 Å². The fraction of sp³-hybridized carbons (Fsp3) is 0.167. The van der Waals surface area contributed by atoms with E-state index in [9.17, 15) is 21.6 Å². The van der Waals surface area contributed by atoms with Gasteiger partial charge < -0.3 is 0 Å². The first-order valence-corrected chi connectivity index (χ1v) is 13.4. The highest BCUT2D eigenvalue weighted by Gasteiger charge is 2.38. The van der Waals surface area contributed by atoms with Gasteiger partial charge in [-0.05, 0) is 52.3 Å². The number of halogens is 3. The van der Waals surface area contributed by atoms with Crippen molar-refractivity contribution in [2.75, 3.05) is 0 Å². The highest BCUT2D eigenvalue weighted by molar-refractivity contribution is 7.86. The van der Waals surface area contributed by atoms with E-state index in [1.807, 2.05) is 68.4 Å². The van der Waals surface area contributed by atoms with E-state index < -0.39 is 22.0 Å². The zero-order chi connectivity index (χ0) is 27.3. The largest absolute Gasteiger partial charge is 0.437 e. The van der Waals surface area contributed by atoms with Crippen LogP contribution in [-0.2, 0) is 14.4 Å². The van der Waals surface area contributed by atoms with Gasteiger partial charge in [0.05, 0.1) is 0 Å². The van der Waals surface area contributed by atoms with Gasteiger partial charge in [-0.2, -0.15) is 21.6 Å². The summed E-state index contributed by atoms with van der Waals surface area (Å²) in [4.78, 5) is -0.274. The average Bonchev–Trinajstić information content (AvgIpc) is 2.93. The highest BCUT2D eigenvalue weighted by atomic mass is 32.2. The Morgan fingerprint density at radius 1 is 0.763 bits per heavy atom. The summed E-state index contributed by atoms with van der Waals surface area (Å²) in [5.74, 6) is 0.215. The van der Waals surface area contributed by atoms with E-state index in [0.29, 0.717) is 5.56 Å². The molecule has 0 aliphatic heterocycles. The van der Waals surface area contributed by atoms with Crippen LogP contribution in [0.1, 0.15) is 37.3 Å². The normalized spacial score (nSPS) is 13.2. The predicted octanol–water partition coefficient (Wildman–Crippen LogP) is 8.21. The summed E-state index contributed by atoms with van der Waals surface area (Å²) in [5.41, 5.74) is 2.76. The van der Waals surface area contributed by atoms with Crippen molar-refractivity contribution in [3.63, 3.8) is 0 Å². The van der Waals surface area contributed by atoms with Gasteiger partial charge in [0, 0.05) is 5.56 Å². The van der Waals surface area contributed by atoms with E-state index >= 15 is 0 Å². The smallest absolute Gasteiger partial charge is 0.264 e.